The van der Waals surface area contributed by atoms with Crippen LogP contribution in [0.25, 0.3) is 11.4 Å². The summed E-state index contributed by atoms with van der Waals surface area (Å²) in [5.41, 5.74) is 8.77. The molecular weight excluding hydrogens is 338 g/mol. The molecule has 3 rings (SSSR count). The Balaban J connectivity index is 1.56. The van der Waals surface area contributed by atoms with Gasteiger partial charge in [0.05, 0.1) is 6.54 Å². The van der Waals surface area contributed by atoms with Crippen molar-refractivity contribution in [2.24, 2.45) is 10.7 Å². The van der Waals surface area contributed by atoms with Crippen molar-refractivity contribution in [1.82, 2.24) is 10.1 Å². The highest BCUT2D eigenvalue weighted by Gasteiger charge is 2.08. The third kappa shape index (κ3) is 4.81. The summed E-state index contributed by atoms with van der Waals surface area (Å²) < 4.78 is 5.24. The smallest absolute Gasteiger partial charge is 0.228 e. The average Bonchev–Trinajstić information content (AvgIpc) is 3.06. The van der Waals surface area contributed by atoms with Crippen LogP contribution in [0.2, 0.25) is 5.02 Å². The lowest BCUT2D eigenvalue weighted by atomic mass is 10.2. The summed E-state index contributed by atoms with van der Waals surface area (Å²) in [6, 6.07) is 15.2. The van der Waals surface area contributed by atoms with Crippen LogP contribution in [0, 0.1) is 6.92 Å². The van der Waals surface area contributed by atoms with Gasteiger partial charge in [0.1, 0.15) is 0 Å². The lowest BCUT2D eigenvalue weighted by Gasteiger charge is -2.05. The molecule has 0 aliphatic heterocycles. The molecule has 1 heterocycles. The number of aliphatic imine (C=N–C) groups is 1. The largest absolute Gasteiger partial charge is 0.370 e. The van der Waals surface area contributed by atoms with Gasteiger partial charge in [0, 0.05) is 22.7 Å². The standard InChI is InChI=1S/C18H18ClN5O/c1-12-5-7-15(8-6-12)22-18(20)21-10-9-16-23-17(24-25-16)13-3-2-4-14(19)11-13/h2-8,11H,9-10H2,1H3,(H3,20,21,22). The van der Waals surface area contributed by atoms with E-state index in [1.54, 1.807) is 12.1 Å². The van der Waals surface area contributed by atoms with Crippen molar-refractivity contribution in [1.29, 1.82) is 0 Å². The summed E-state index contributed by atoms with van der Waals surface area (Å²) in [6.45, 7) is 2.48. The van der Waals surface area contributed by atoms with E-state index < -0.39 is 0 Å². The van der Waals surface area contributed by atoms with Crippen molar-refractivity contribution in [2.75, 3.05) is 11.9 Å². The fraction of sp³-hybridized carbons (Fsp3) is 0.167. The molecule has 0 radical (unpaired) electrons. The van der Waals surface area contributed by atoms with E-state index in [-0.39, 0.29) is 0 Å². The number of nitrogens with two attached hydrogens (primary N) is 1. The molecule has 1 aromatic heterocycles. The fourth-order valence-corrected chi connectivity index (χ4v) is 2.39. The van der Waals surface area contributed by atoms with E-state index in [0.29, 0.717) is 35.7 Å². The Morgan fingerprint density at radius 2 is 2.04 bits per heavy atom. The van der Waals surface area contributed by atoms with Gasteiger partial charge in [0.25, 0.3) is 0 Å². The molecule has 0 spiro atoms. The van der Waals surface area contributed by atoms with Gasteiger partial charge >= 0.3 is 0 Å². The van der Waals surface area contributed by atoms with Crippen LogP contribution < -0.4 is 11.1 Å². The highest BCUT2D eigenvalue weighted by molar-refractivity contribution is 6.30. The minimum Gasteiger partial charge on any atom is -0.370 e. The third-order valence-electron chi connectivity index (χ3n) is 3.48. The summed E-state index contributed by atoms with van der Waals surface area (Å²) >= 11 is 5.97. The van der Waals surface area contributed by atoms with E-state index in [4.69, 9.17) is 21.9 Å². The number of hydrogen-bond donors (Lipinski definition) is 2. The number of rotatable bonds is 5. The van der Waals surface area contributed by atoms with E-state index in [1.165, 1.54) is 5.56 Å². The van der Waals surface area contributed by atoms with E-state index in [1.807, 2.05) is 43.3 Å². The van der Waals surface area contributed by atoms with Gasteiger partial charge < -0.3 is 15.6 Å². The molecule has 128 valence electrons. The maximum atomic E-state index is 5.97. The van der Waals surface area contributed by atoms with Crippen LogP contribution in [-0.4, -0.2) is 22.6 Å². The van der Waals surface area contributed by atoms with Crippen LogP contribution in [0.1, 0.15) is 11.5 Å². The third-order valence-corrected chi connectivity index (χ3v) is 3.72. The van der Waals surface area contributed by atoms with Crippen molar-refractivity contribution < 1.29 is 4.52 Å². The van der Waals surface area contributed by atoms with E-state index >= 15 is 0 Å². The monoisotopic (exact) mass is 355 g/mol. The van der Waals surface area contributed by atoms with Crippen LogP contribution in [0.15, 0.2) is 58.0 Å². The molecule has 7 heteroatoms. The molecule has 0 saturated carbocycles. The molecule has 0 saturated heterocycles. The number of aromatic nitrogens is 2. The lowest BCUT2D eigenvalue weighted by molar-refractivity contribution is 0.380. The first kappa shape index (κ1) is 17.0. The Morgan fingerprint density at radius 1 is 1.24 bits per heavy atom. The molecule has 0 aliphatic rings. The number of anilines is 1. The number of nitrogens with one attached hydrogen (secondary N) is 1. The van der Waals surface area contributed by atoms with Crippen molar-refractivity contribution >= 4 is 23.2 Å². The first-order chi connectivity index (χ1) is 12.1. The number of guanidine groups is 1. The molecule has 0 aliphatic carbocycles. The van der Waals surface area contributed by atoms with Crippen LogP contribution in [0.5, 0.6) is 0 Å². The molecule has 25 heavy (non-hydrogen) atoms. The molecule has 0 fully saturated rings. The van der Waals surface area contributed by atoms with Gasteiger partial charge in [-0.2, -0.15) is 4.98 Å². The summed E-state index contributed by atoms with van der Waals surface area (Å²) in [5, 5.41) is 7.63. The van der Waals surface area contributed by atoms with Crippen molar-refractivity contribution in [3.8, 4) is 11.4 Å². The second-order valence-corrected chi connectivity index (χ2v) is 5.97. The Kier molecular flexibility index (Phi) is 5.30. The highest BCUT2D eigenvalue weighted by Crippen LogP contribution is 2.20. The number of halogens is 1. The Labute approximate surface area is 150 Å². The predicted molar refractivity (Wildman–Crippen MR) is 99.7 cm³/mol. The normalized spacial score (nSPS) is 11.5. The lowest BCUT2D eigenvalue weighted by Crippen LogP contribution is -2.23. The summed E-state index contributed by atoms with van der Waals surface area (Å²) in [6.07, 6.45) is 0.504. The molecule has 0 atom stereocenters. The van der Waals surface area contributed by atoms with E-state index in [9.17, 15) is 0 Å². The minimum atomic E-state index is 0.346. The highest BCUT2D eigenvalue weighted by atomic mass is 35.5. The van der Waals surface area contributed by atoms with Gasteiger partial charge in [-0.05, 0) is 31.2 Å². The number of aryl methyl sites for hydroxylation is 1. The number of hydrogen-bond acceptors (Lipinski definition) is 4. The maximum absolute atomic E-state index is 5.97. The van der Waals surface area contributed by atoms with Crippen LogP contribution in [0.4, 0.5) is 5.69 Å². The van der Waals surface area contributed by atoms with Crippen LogP contribution in [-0.2, 0) is 6.42 Å². The van der Waals surface area contributed by atoms with Crippen molar-refractivity contribution in [2.45, 2.75) is 13.3 Å². The van der Waals surface area contributed by atoms with Gasteiger partial charge in [0.15, 0.2) is 5.96 Å². The molecular formula is C18H18ClN5O. The predicted octanol–water partition coefficient (Wildman–Crippen LogP) is 3.67. The van der Waals surface area contributed by atoms with Crippen LogP contribution in [0.3, 0.4) is 0 Å². The molecule has 0 bridgehead atoms. The van der Waals surface area contributed by atoms with E-state index in [0.717, 1.165) is 11.3 Å². The summed E-state index contributed by atoms with van der Waals surface area (Å²) in [7, 11) is 0. The van der Waals surface area contributed by atoms with Gasteiger partial charge in [0.2, 0.25) is 11.7 Å². The average molecular weight is 356 g/mol. The molecule has 6 nitrogen and oxygen atoms in total. The van der Waals surface area contributed by atoms with Crippen molar-refractivity contribution in [3.05, 3.63) is 65.0 Å². The first-order valence-electron chi connectivity index (χ1n) is 7.82. The first-order valence-corrected chi connectivity index (χ1v) is 8.20. The second-order valence-electron chi connectivity index (χ2n) is 5.53. The Morgan fingerprint density at radius 3 is 2.80 bits per heavy atom. The second kappa shape index (κ2) is 7.81. The number of nitrogens with zero attached hydrogens (tertiary/aromatic N) is 3. The fourth-order valence-electron chi connectivity index (χ4n) is 2.20. The number of benzene rings is 2. The van der Waals surface area contributed by atoms with Gasteiger partial charge in [-0.3, -0.25) is 4.99 Å². The van der Waals surface area contributed by atoms with E-state index in [2.05, 4.69) is 20.4 Å². The summed E-state index contributed by atoms with van der Waals surface area (Å²) in [5.74, 6) is 1.35. The van der Waals surface area contributed by atoms with Crippen LogP contribution >= 0.6 is 11.6 Å². The Bertz CT molecular complexity index is 873. The molecule has 2 aromatic carbocycles. The SMILES string of the molecule is Cc1ccc(NC(N)=NCCc2nc(-c3cccc(Cl)c3)no2)cc1. The van der Waals surface area contributed by atoms with Gasteiger partial charge in [-0.1, -0.05) is 46.6 Å². The topological polar surface area (TPSA) is 89.3 Å². The Hall–Kier alpha value is -2.86. The zero-order valence-electron chi connectivity index (χ0n) is 13.7. The zero-order chi connectivity index (χ0) is 17.6. The minimum absolute atomic E-state index is 0.346. The summed E-state index contributed by atoms with van der Waals surface area (Å²) in [4.78, 5) is 8.61. The molecule has 0 amide bonds. The quantitative estimate of drug-likeness (QED) is 0.538. The van der Waals surface area contributed by atoms with Gasteiger partial charge in [-0.25, -0.2) is 0 Å². The van der Waals surface area contributed by atoms with Crippen molar-refractivity contribution in [3.63, 3.8) is 0 Å². The molecule has 3 N–H and O–H groups in total. The maximum Gasteiger partial charge on any atom is 0.228 e. The zero-order valence-corrected chi connectivity index (χ0v) is 14.5. The molecule has 3 aromatic rings. The van der Waals surface area contributed by atoms with Gasteiger partial charge in [-0.15, -0.1) is 0 Å². The molecule has 0 unspecified atom stereocenters.